The van der Waals surface area contributed by atoms with E-state index in [-0.39, 0.29) is 6.04 Å². The largest absolute Gasteiger partial charge is 0.326 e. The van der Waals surface area contributed by atoms with Gasteiger partial charge in [-0.1, -0.05) is 11.6 Å². The van der Waals surface area contributed by atoms with Crippen LogP contribution in [0.1, 0.15) is 43.5 Å². The molecule has 2 fully saturated rings. The summed E-state index contributed by atoms with van der Waals surface area (Å²) >= 11 is 7.80. The Hall–Kier alpha value is -0.0900. The predicted octanol–water partition coefficient (Wildman–Crippen LogP) is 3.91. The average molecular weight is 299 g/mol. The lowest BCUT2D eigenvalue weighted by Gasteiger charge is -2.34. The fraction of sp³-hybridized carbons (Fsp3) is 0.733. The second-order valence-corrected chi connectivity index (χ2v) is 8.03. The first-order valence-corrected chi connectivity index (χ1v) is 8.58. The molecule has 0 saturated heterocycles. The van der Waals surface area contributed by atoms with E-state index in [1.54, 1.807) is 11.3 Å². The molecule has 2 saturated carbocycles. The molecule has 1 aromatic rings. The van der Waals surface area contributed by atoms with Gasteiger partial charge in [-0.2, -0.15) is 0 Å². The Labute approximate surface area is 124 Å². The van der Waals surface area contributed by atoms with Crippen LogP contribution >= 0.6 is 22.9 Å². The highest BCUT2D eigenvalue weighted by atomic mass is 35.5. The maximum atomic E-state index is 6.29. The fourth-order valence-electron chi connectivity index (χ4n) is 2.82. The number of nitrogens with zero attached hydrogens (tertiary/aromatic N) is 1. The van der Waals surface area contributed by atoms with Gasteiger partial charge in [-0.3, -0.25) is 4.90 Å². The van der Waals surface area contributed by atoms with Crippen molar-refractivity contribution in [3.05, 3.63) is 21.3 Å². The van der Waals surface area contributed by atoms with E-state index in [9.17, 15) is 0 Å². The van der Waals surface area contributed by atoms with Crippen LogP contribution in [0.25, 0.3) is 0 Å². The van der Waals surface area contributed by atoms with Crippen LogP contribution < -0.4 is 5.73 Å². The van der Waals surface area contributed by atoms with Gasteiger partial charge in [0.25, 0.3) is 0 Å². The summed E-state index contributed by atoms with van der Waals surface area (Å²) in [5.74, 6) is 1.82. The summed E-state index contributed by atoms with van der Waals surface area (Å²) in [6.07, 6.45) is 5.60. The lowest BCUT2D eigenvalue weighted by molar-refractivity contribution is 0.164. The minimum Gasteiger partial charge on any atom is -0.326 e. The molecule has 2 unspecified atom stereocenters. The number of hydrogen-bond donors (Lipinski definition) is 1. The van der Waals surface area contributed by atoms with Crippen LogP contribution in [0.4, 0.5) is 0 Å². The highest BCUT2D eigenvalue weighted by Gasteiger charge is 2.34. The van der Waals surface area contributed by atoms with Gasteiger partial charge in [-0.05, 0) is 56.6 Å². The van der Waals surface area contributed by atoms with Crippen LogP contribution in [-0.4, -0.2) is 24.0 Å². The summed E-state index contributed by atoms with van der Waals surface area (Å²) < 4.78 is 0.874. The molecule has 2 aliphatic carbocycles. The standard InChI is InChI=1S/C15H23ClN2S/c1-10(17)15(13-6-7-14(16)19-13)18(8-11-2-3-11)9-12-4-5-12/h6-7,10-12,15H,2-5,8-9,17H2,1H3. The highest BCUT2D eigenvalue weighted by Crippen LogP contribution is 2.39. The minimum atomic E-state index is 0.159. The minimum absolute atomic E-state index is 0.159. The molecule has 0 aliphatic heterocycles. The summed E-state index contributed by atoms with van der Waals surface area (Å²) in [6, 6.07) is 4.67. The van der Waals surface area contributed by atoms with Crippen molar-refractivity contribution in [1.82, 2.24) is 4.90 Å². The van der Waals surface area contributed by atoms with Crippen molar-refractivity contribution in [2.24, 2.45) is 17.6 Å². The molecule has 2 nitrogen and oxygen atoms in total. The van der Waals surface area contributed by atoms with E-state index in [1.165, 1.54) is 43.6 Å². The van der Waals surface area contributed by atoms with Gasteiger partial charge in [0.15, 0.2) is 0 Å². The second-order valence-electron chi connectivity index (χ2n) is 6.29. The third kappa shape index (κ3) is 3.72. The van der Waals surface area contributed by atoms with Gasteiger partial charge in [0.2, 0.25) is 0 Å². The van der Waals surface area contributed by atoms with Gasteiger partial charge in [0.1, 0.15) is 0 Å². The quantitative estimate of drug-likeness (QED) is 0.827. The van der Waals surface area contributed by atoms with Gasteiger partial charge in [0, 0.05) is 24.0 Å². The maximum absolute atomic E-state index is 6.29. The summed E-state index contributed by atoms with van der Waals surface area (Å²) in [5.41, 5.74) is 6.29. The van der Waals surface area contributed by atoms with Crippen molar-refractivity contribution >= 4 is 22.9 Å². The molecule has 0 aromatic carbocycles. The van der Waals surface area contributed by atoms with Crippen LogP contribution in [0.5, 0.6) is 0 Å². The van der Waals surface area contributed by atoms with Gasteiger partial charge in [-0.15, -0.1) is 11.3 Å². The molecular formula is C15H23ClN2S. The highest BCUT2D eigenvalue weighted by molar-refractivity contribution is 7.16. The van der Waals surface area contributed by atoms with Crippen LogP contribution in [0.2, 0.25) is 4.34 Å². The number of hydrogen-bond acceptors (Lipinski definition) is 3. The summed E-state index contributed by atoms with van der Waals surface area (Å²) in [7, 11) is 0. The van der Waals surface area contributed by atoms with Gasteiger partial charge < -0.3 is 5.73 Å². The first-order chi connectivity index (χ1) is 9.13. The van der Waals surface area contributed by atoms with Crippen molar-refractivity contribution in [1.29, 1.82) is 0 Å². The zero-order valence-electron chi connectivity index (χ0n) is 11.5. The zero-order valence-corrected chi connectivity index (χ0v) is 13.1. The van der Waals surface area contributed by atoms with Crippen LogP contribution in [0, 0.1) is 11.8 Å². The molecule has 0 bridgehead atoms. The fourth-order valence-corrected chi connectivity index (χ4v) is 4.14. The zero-order chi connectivity index (χ0) is 13.4. The SMILES string of the molecule is CC(N)C(c1ccc(Cl)s1)N(CC1CC1)CC1CC1. The Kier molecular flexibility index (Phi) is 4.18. The van der Waals surface area contributed by atoms with Gasteiger partial charge >= 0.3 is 0 Å². The van der Waals surface area contributed by atoms with E-state index < -0.39 is 0 Å². The van der Waals surface area contributed by atoms with E-state index in [1.807, 2.05) is 6.07 Å². The van der Waals surface area contributed by atoms with E-state index in [0.29, 0.717) is 6.04 Å². The Morgan fingerprint density at radius 1 is 1.26 bits per heavy atom. The first-order valence-electron chi connectivity index (χ1n) is 7.38. The van der Waals surface area contributed by atoms with Crippen molar-refractivity contribution in [2.75, 3.05) is 13.1 Å². The molecule has 19 heavy (non-hydrogen) atoms. The smallest absolute Gasteiger partial charge is 0.0931 e. The van der Waals surface area contributed by atoms with E-state index in [2.05, 4.69) is 17.9 Å². The maximum Gasteiger partial charge on any atom is 0.0931 e. The molecule has 106 valence electrons. The molecule has 1 aromatic heterocycles. The number of rotatable bonds is 7. The summed E-state index contributed by atoms with van der Waals surface area (Å²) in [6.45, 7) is 4.57. The third-order valence-electron chi connectivity index (χ3n) is 4.16. The molecule has 1 heterocycles. The lowest BCUT2D eigenvalue weighted by atomic mass is 10.1. The van der Waals surface area contributed by atoms with Crippen molar-refractivity contribution in [2.45, 2.75) is 44.7 Å². The predicted molar refractivity (Wildman–Crippen MR) is 82.7 cm³/mol. The Morgan fingerprint density at radius 3 is 2.21 bits per heavy atom. The number of nitrogens with two attached hydrogens (primary N) is 1. The third-order valence-corrected chi connectivity index (χ3v) is 5.46. The second kappa shape index (κ2) is 5.72. The molecular weight excluding hydrogens is 276 g/mol. The molecule has 2 atom stereocenters. The van der Waals surface area contributed by atoms with Crippen LogP contribution in [-0.2, 0) is 0 Å². The number of thiophene rings is 1. The Morgan fingerprint density at radius 2 is 1.84 bits per heavy atom. The van der Waals surface area contributed by atoms with Gasteiger partial charge in [-0.25, -0.2) is 0 Å². The normalized spacial score (nSPS) is 22.7. The van der Waals surface area contributed by atoms with Gasteiger partial charge in [0.05, 0.1) is 10.4 Å². The van der Waals surface area contributed by atoms with Crippen LogP contribution in [0.15, 0.2) is 12.1 Å². The van der Waals surface area contributed by atoms with Crippen molar-refractivity contribution in [3.8, 4) is 0 Å². The molecule has 2 aliphatic rings. The Bertz CT molecular complexity index is 410. The van der Waals surface area contributed by atoms with Crippen LogP contribution in [0.3, 0.4) is 0 Å². The molecule has 4 heteroatoms. The lowest BCUT2D eigenvalue weighted by Crippen LogP contribution is -2.41. The van der Waals surface area contributed by atoms with Crippen molar-refractivity contribution in [3.63, 3.8) is 0 Å². The first kappa shape index (κ1) is 13.9. The van der Waals surface area contributed by atoms with E-state index in [4.69, 9.17) is 17.3 Å². The molecule has 0 amide bonds. The van der Waals surface area contributed by atoms with E-state index in [0.717, 1.165) is 16.2 Å². The molecule has 2 N–H and O–H groups in total. The summed E-state index contributed by atoms with van der Waals surface area (Å²) in [5, 5.41) is 0. The van der Waals surface area contributed by atoms with Crippen molar-refractivity contribution < 1.29 is 0 Å². The molecule has 0 radical (unpaired) electrons. The topological polar surface area (TPSA) is 29.3 Å². The number of halogens is 1. The Balaban J connectivity index is 1.77. The average Bonchev–Trinajstić information content (AvgIpc) is 3.24. The molecule has 0 spiro atoms. The monoisotopic (exact) mass is 298 g/mol. The molecule has 3 rings (SSSR count). The summed E-state index contributed by atoms with van der Waals surface area (Å²) in [4.78, 5) is 3.98. The van der Waals surface area contributed by atoms with E-state index >= 15 is 0 Å².